The normalized spacial score (nSPS) is 15.8. The maximum absolute atomic E-state index is 12.2. The largest absolute Gasteiger partial charge is 0.492 e. The molecule has 0 saturated carbocycles. The molecule has 24 heavy (non-hydrogen) atoms. The Morgan fingerprint density at radius 1 is 1.17 bits per heavy atom. The molecule has 0 radical (unpaired) electrons. The molecule has 0 spiro atoms. The minimum Gasteiger partial charge on any atom is -0.492 e. The summed E-state index contributed by atoms with van der Waals surface area (Å²) in [4.78, 5) is 14.7. The van der Waals surface area contributed by atoms with Crippen LogP contribution in [-0.4, -0.2) is 47.4 Å². The van der Waals surface area contributed by atoms with Gasteiger partial charge in [0.25, 0.3) is 0 Å². The second kappa shape index (κ2) is 6.85. The Hall–Kier alpha value is -2.01. The van der Waals surface area contributed by atoms with Gasteiger partial charge in [-0.3, -0.25) is 9.47 Å². The number of fused-ring (bicyclic) bond motifs is 1. The van der Waals surface area contributed by atoms with E-state index >= 15 is 0 Å². The van der Waals surface area contributed by atoms with Crippen molar-refractivity contribution in [2.45, 2.75) is 39.2 Å². The average molecular weight is 330 g/mol. The fourth-order valence-corrected chi connectivity index (χ4v) is 2.98. The van der Waals surface area contributed by atoms with Gasteiger partial charge in [0.1, 0.15) is 18.0 Å². The number of hydrogen-bond acceptors (Lipinski definition) is 4. The fourth-order valence-electron chi connectivity index (χ4n) is 2.98. The molecule has 1 fully saturated rings. The topological polar surface area (TPSA) is 43.7 Å². The van der Waals surface area contributed by atoms with Gasteiger partial charge < -0.3 is 9.47 Å². The van der Waals surface area contributed by atoms with Crippen molar-refractivity contribution < 1.29 is 14.3 Å². The third kappa shape index (κ3) is 4.09. The number of ether oxygens (including phenoxy) is 2. The molecule has 0 aliphatic carbocycles. The van der Waals surface area contributed by atoms with E-state index in [4.69, 9.17) is 9.47 Å². The molecule has 2 heterocycles. The molecular weight excluding hydrogens is 304 g/mol. The maximum Gasteiger partial charge on any atom is 0.418 e. The van der Waals surface area contributed by atoms with Crippen molar-refractivity contribution in [1.82, 2.24) is 9.47 Å². The zero-order chi connectivity index (χ0) is 17.2. The van der Waals surface area contributed by atoms with Crippen molar-refractivity contribution in [1.29, 1.82) is 0 Å². The second-order valence-corrected chi connectivity index (χ2v) is 7.28. The Morgan fingerprint density at radius 3 is 2.62 bits per heavy atom. The number of nitrogens with zero attached hydrogens (tertiary/aromatic N) is 2. The third-order valence-corrected chi connectivity index (χ3v) is 4.13. The van der Waals surface area contributed by atoms with Crippen molar-refractivity contribution >= 4 is 17.0 Å². The lowest BCUT2D eigenvalue weighted by molar-refractivity contribution is 0.0544. The number of benzene rings is 1. The van der Waals surface area contributed by atoms with E-state index in [1.807, 2.05) is 45.0 Å². The number of hydrogen-bond donors (Lipinski definition) is 0. The molecule has 0 bridgehead atoms. The summed E-state index contributed by atoms with van der Waals surface area (Å²) in [7, 11) is 0. The summed E-state index contributed by atoms with van der Waals surface area (Å²) < 4.78 is 12.8. The van der Waals surface area contributed by atoms with Crippen LogP contribution in [-0.2, 0) is 4.74 Å². The van der Waals surface area contributed by atoms with Crippen LogP contribution in [0, 0.1) is 0 Å². The van der Waals surface area contributed by atoms with E-state index in [1.165, 1.54) is 30.5 Å². The number of aromatic nitrogens is 1. The SMILES string of the molecule is CC(C)(C)OC(=O)n1ccc2cc(OCCN3CCCC3)ccc21. The summed E-state index contributed by atoms with van der Waals surface area (Å²) >= 11 is 0. The van der Waals surface area contributed by atoms with Gasteiger partial charge in [0.15, 0.2) is 0 Å². The Kier molecular flexibility index (Phi) is 4.81. The van der Waals surface area contributed by atoms with Gasteiger partial charge >= 0.3 is 6.09 Å². The summed E-state index contributed by atoms with van der Waals surface area (Å²) in [5.74, 6) is 0.837. The number of rotatable bonds is 4. The molecule has 0 N–H and O–H groups in total. The fraction of sp³-hybridized carbons (Fsp3) is 0.526. The first-order chi connectivity index (χ1) is 11.4. The highest BCUT2D eigenvalue weighted by Crippen LogP contribution is 2.23. The van der Waals surface area contributed by atoms with Crippen molar-refractivity contribution in [2.75, 3.05) is 26.2 Å². The Bertz CT molecular complexity index is 709. The predicted molar refractivity (Wildman–Crippen MR) is 94.7 cm³/mol. The zero-order valence-electron chi connectivity index (χ0n) is 14.7. The van der Waals surface area contributed by atoms with Gasteiger partial charge in [-0.1, -0.05) is 0 Å². The van der Waals surface area contributed by atoms with Crippen LogP contribution in [0.4, 0.5) is 4.79 Å². The number of likely N-dealkylation sites (tertiary alicyclic amines) is 1. The predicted octanol–water partition coefficient (Wildman–Crippen LogP) is 3.90. The van der Waals surface area contributed by atoms with E-state index in [0.717, 1.165) is 23.2 Å². The molecule has 0 atom stereocenters. The molecule has 1 aromatic heterocycles. The lowest BCUT2D eigenvalue weighted by Gasteiger charge is -2.19. The molecular formula is C19H26N2O3. The molecule has 1 saturated heterocycles. The average Bonchev–Trinajstić information content (AvgIpc) is 3.14. The number of carbonyl (C=O) groups is 1. The smallest absolute Gasteiger partial charge is 0.418 e. The lowest BCUT2D eigenvalue weighted by atomic mass is 10.2. The van der Waals surface area contributed by atoms with Crippen molar-refractivity contribution in [2.24, 2.45) is 0 Å². The van der Waals surface area contributed by atoms with Crippen LogP contribution < -0.4 is 4.74 Å². The molecule has 5 nitrogen and oxygen atoms in total. The number of carbonyl (C=O) groups excluding carboxylic acids is 1. The molecule has 1 aliphatic rings. The zero-order valence-corrected chi connectivity index (χ0v) is 14.7. The van der Waals surface area contributed by atoms with Gasteiger partial charge in [-0.2, -0.15) is 0 Å². The molecule has 130 valence electrons. The van der Waals surface area contributed by atoms with Crippen LogP contribution in [0.2, 0.25) is 0 Å². The monoisotopic (exact) mass is 330 g/mol. The third-order valence-electron chi connectivity index (χ3n) is 4.13. The second-order valence-electron chi connectivity index (χ2n) is 7.28. The van der Waals surface area contributed by atoms with Gasteiger partial charge in [-0.05, 0) is 71.0 Å². The Balaban J connectivity index is 1.65. The van der Waals surface area contributed by atoms with Gasteiger partial charge in [-0.25, -0.2) is 4.79 Å². The standard InChI is InChI=1S/C19H26N2O3/c1-19(2,3)24-18(22)21-11-8-15-14-16(6-7-17(15)21)23-13-12-20-9-4-5-10-20/h6-8,11,14H,4-5,9-10,12-13H2,1-3H3. The summed E-state index contributed by atoms with van der Waals surface area (Å²) in [6, 6.07) is 7.70. The van der Waals surface area contributed by atoms with Crippen LogP contribution >= 0.6 is 0 Å². The molecule has 0 unspecified atom stereocenters. The van der Waals surface area contributed by atoms with Crippen LogP contribution in [0.1, 0.15) is 33.6 Å². The van der Waals surface area contributed by atoms with Gasteiger partial charge in [0.05, 0.1) is 5.52 Å². The lowest BCUT2D eigenvalue weighted by Crippen LogP contribution is -2.26. The highest BCUT2D eigenvalue weighted by atomic mass is 16.6. The van der Waals surface area contributed by atoms with E-state index in [-0.39, 0.29) is 6.09 Å². The van der Waals surface area contributed by atoms with Crippen LogP contribution in [0.15, 0.2) is 30.5 Å². The maximum atomic E-state index is 12.2. The minimum atomic E-state index is -0.508. The van der Waals surface area contributed by atoms with Gasteiger partial charge in [-0.15, -0.1) is 0 Å². The Morgan fingerprint density at radius 2 is 1.92 bits per heavy atom. The quantitative estimate of drug-likeness (QED) is 0.853. The first-order valence-electron chi connectivity index (χ1n) is 8.62. The molecule has 2 aromatic rings. The molecule has 5 heteroatoms. The first kappa shape index (κ1) is 16.8. The van der Waals surface area contributed by atoms with Crippen LogP contribution in [0.3, 0.4) is 0 Å². The molecule has 1 aromatic carbocycles. The van der Waals surface area contributed by atoms with E-state index < -0.39 is 5.60 Å². The van der Waals surface area contributed by atoms with Crippen LogP contribution in [0.5, 0.6) is 5.75 Å². The van der Waals surface area contributed by atoms with Crippen molar-refractivity contribution in [3.8, 4) is 5.75 Å². The summed E-state index contributed by atoms with van der Waals surface area (Å²) in [6.45, 7) is 9.62. The minimum absolute atomic E-state index is 0.361. The van der Waals surface area contributed by atoms with Crippen molar-refractivity contribution in [3.63, 3.8) is 0 Å². The molecule has 3 rings (SSSR count). The van der Waals surface area contributed by atoms with Crippen molar-refractivity contribution in [3.05, 3.63) is 30.5 Å². The summed E-state index contributed by atoms with van der Waals surface area (Å²) in [5, 5.41) is 0.972. The van der Waals surface area contributed by atoms with E-state index in [1.54, 1.807) is 6.20 Å². The van der Waals surface area contributed by atoms with Gasteiger partial charge in [0, 0.05) is 18.1 Å². The van der Waals surface area contributed by atoms with Gasteiger partial charge in [0.2, 0.25) is 0 Å². The molecule has 0 amide bonds. The first-order valence-corrected chi connectivity index (χ1v) is 8.62. The highest BCUT2D eigenvalue weighted by molar-refractivity contribution is 5.90. The molecule has 1 aliphatic heterocycles. The summed E-state index contributed by atoms with van der Waals surface area (Å²) in [5.41, 5.74) is 0.322. The van der Waals surface area contributed by atoms with Crippen LogP contribution in [0.25, 0.3) is 10.9 Å². The summed E-state index contributed by atoms with van der Waals surface area (Å²) in [6.07, 6.45) is 3.97. The van der Waals surface area contributed by atoms with E-state index in [9.17, 15) is 4.79 Å². The van der Waals surface area contributed by atoms with E-state index in [2.05, 4.69) is 4.90 Å². The van der Waals surface area contributed by atoms with E-state index in [0.29, 0.717) is 6.61 Å². The Labute approximate surface area is 143 Å². The highest BCUT2D eigenvalue weighted by Gasteiger charge is 2.19.